The van der Waals surface area contributed by atoms with Gasteiger partial charge in [-0.05, 0) is 18.9 Å². The summed E-state index contributed by atoms with van der Waals surface area (Å²) < 4.78 is 4.84. The predicted molar refractivity (Wildman–Crippen MR) is 91.7 cm³/mol. The summed E-state index contributed by atoms with van der Waals surface area (Å²) in [6, 6.07) is 1.52. The van der Waals surface area contributed by atoms with E-state index in [1.807, 2.05) is 19.9 Å². The van der Waals surface area contributed by atoms with Crippen LogP contribution in [0.25, 0.3) is 0 Å². The summed E-state index contributed by atoms with van der Waals surface area (Å²) in [6.45, 7) is 4.80. The van der Waals surface area contributed by atoms with Gasteiger partial charge in [0, 0.05) is 19.5 Å². The standard InChI is InChI=1S/C17H22N2O3S/c1-11(2)7-8-12-10-14(15(23-12)17(21)22-4)18-13-6-5-9-19(3)16(13)20/h10-11,13,18H,5-6,9H2,1-4H3/t13-/m0/s1. The van der Waals surface area contributed by atoms with Crippen molar-refractivity contribution in [2.75, 3.05) is 26.0 Å². The Labute approximate surface area is 141 Å². The Bertz CT molecular complexity index is 655. The van der Waals surface area contributed by atoms with Crippen LogP contribution < -0.4 is 5.32 Å². The van der Waals surface area contributed by atoms with E-state index < -0.39 is 5.97 Å². The first-order valence-electron chi connectivity index (χ1n) is 7.67. The molecule has 23 heavy (non-hydrogen) atoms. The number of nitrogens with zero attached hydrogens (tertiary/aromatic N) is 1. The average Bonchev–Trinajstić information content (AvgIpc) is 2.92. The second-order valence-electron chi connectivity index (χ2n) is 5.87. The fourth-order valence-corrected chi connectivity index (χ4v) is 3.27. The number of amides is 1. The van der Waals surface area contributed by atoms with E-state index in [1.54, 1.807) is 11.9 Å². The van der Waals surface area contributed by atoms with Gasteiger partial charge in [-0.2, -0.15) is 0 Å². The Balaban J connectivity index is 2.27. The SMILES string of the molecule is COC(=O)c1sc(C#CC(C)C)cc1N[C@H]1CCCN(C)C1=O. The Hall–Kier alpha value is -2.00. The van der Waals surface area contributed by atoms with Crippen molar-refractivity contribution in [2.24, 2.45) is 5.92 Å². The molecule has 1 atom stereocenters. The van der Waals surface area contributed by atoms with Crippen molar-refractivity contribution in [1.82, 2.24) is 4.90 Å². The summed E-state index contributed by atoms with van der Waals surface area (Å²) in [6.07, 6.45) is 1.70. The van der Waals surface area contributed by atoms with Crippen molar-refractivity contribution in [3.05, 3.63) is 15.8 Å². The van der Waals surface area contributed by atoms with Gasteiger partial charge in [0.15, 0.2) is 0 Å². The van der Waals surface area contributed by atoms with Crippen LogP contribution in [0, 0.1) is 17.8 Å². The third-order valence-electron chi connectivity index (χ3n) is 3.58. The smallest absolute Gasteiger partial charge is 0.350 e. The number of likely N-dealkylation sites (tertiary alicyclic amines) is 1. The molecular weight excluding hydrogens is 312 g/mol. The topological polar surface area (TPSA) is 58.6 Å². The molecule has 0 unspecified atom stereocenters. The monoisotopic (exact) mass is 334 g/mol. The number of carbonyl (C=O) groups is 2. The number of hydrogen-bond donors (Lipinski definition) is 1. The van der Waals surface area contributed by atoms with E-state index >= 15 is 0 Å². The molecule has 0 radical (unpaired) electrons. The second kappa shape index (κ2) is 7.51. The largest absolute Gasteiger partial charge is 0.465 e. The molecule has 5 nitrogen and oxygen atoms in total. The summed E-state index contributed by atoms with van der Waals surface area (Å²) in [5.41, 5.74) is 0.628. The number of methoxy groups -OCH3 is 1. The van der Waals surface area contributed by atoms with E-state index in [1.165, 1.54) is 18.4 Å². The molecule has 2 heterocycles. The van der Waals surface area contributed by atoms with Gasteiger partial charge in [-0.15, -0.1) is 11.3 Å². The maximum atomic E-state index is 12.2. The summed E-state index contributed by atoms with van der Waals surface area (Å²) >= 11 is 1.29. The summed E-state index contributed by atoms with van der Waals surface area (Å²) in [7, 11) is 3.15. The van der Waals surface area contributed by atoms with Crippen LogP contribution >= 0.6 is 11.3 Å². The summed E-state index contributed by atoms with van der Waals surface area (Å²) in [5, 5.41) is 3.20. The number of anilines is 1. The molecule has 0 aliphatic carbocycles. The molecule has 0 saturated carbocycles. The zero-order chi connectivity index (χ0) is 17.0. The van der Waals surface area contributed by atoms with E-state index in [0.717, 1.165) is 24.3 Å². The molecule has 1 saturated heterocycles. The normalized spacial score (nSPS) is 17.7. The number of ether oxygens (including phenoxy) is 1. The number of nitrogens with one attached hydrogen (secondary N) is 1. The molecule has 1 aromatic heterocycles. The molecule has 0 spiro atoms. The van der Waals surface area contributed by atoms with Crippen LogP contribution in [0.15, 0.2) is 6.07 Å². The Kier molecular flexibility index (Phi) is 5.67. The first-order valence-corrected chi connectivity index (χ1v) is 8.49. The molecule has 2 rings (SSSR count). The third-order valence-corrected chi connectivity index (χ3v) is 4.61. The second-order valence-corrected chi connectivity index (χ2v) is 6.92. The van der Waals surface area contributed by atoms with Crippen molar-refractivity contribution in [1.29, 1.82) is 0 Å². The van der Waals surface area contributed by atoms with E-state index in [-0.39, 0.29) is 17.9 Å². The first kappa shape index (κ1) is 17.4. The van der Waals surface area contributed by atoms with Gasteiger partial charge in [-0.3, -0.25) is 4.79 Å². The highest BCUT2D eigenvalue weighted by Crippen LogP contribution is 2.29. The van der Waals surface area contributed by atoms with Crippen LogP contribution in [0.1, 0.15) is 41.2 Å². The highest BCUT2D eigenvalue weighted by molar-refractivity contribution is 7.15. The van der Waals surface area contributed by atoms with E-state index in [0.29, 0.717) is 10.6 Å². The number of piperidine rings is 1. The van der Waals surface area contributed by atoms with Crippen LogP contribution in [0.4, 0.5) is 5.69 Å². The summed E-state index contributed by atoms with van der Waals surface area (Å²) in [5.74, 6) is 6.04. The summed E-state index contributed by atoms with van der Waals surface area (Å²) in [4.78, 5) is 27.2. The van der Waals surface area contributed by atoms with Crippen LogP contribution in [0.3, 0.4) is 0 Å². The molecule has 1 N–H and O–H groups in total. The van der Waals surface area contributed by atoms with Gasteiger partial charge in [-0.1, -0.05) is 25.7 Å². The molecule has 0 aromatic carbocycles. The highest BCUT2D eigenvalue weighted by Gasteiger charge is 2.28. The lowest BCUT2D eigenvalue weighted by Gasteiger charge is -2.30. The van der Waals surface area contributed by atoms with Crippen LogP contribution in [-0.4, -0.2) is 43.5 Å². The molecule has 1 fully saturated rings. The van der Waals surface area contributed by atoms with Crippen molar-refractivity contribution >= 4 is 28.9 Å². The predicted octanol–water partition coefficient (Wildman–Crippen LogP) is 2.57. The zero-order valence-corrected chi connectivity index (χ0v) is 14.8. The van der Waals surface area contributed by atoms with Crippen molar-refractivity contribution < 1.29 is 14.3 Å². The third kappa shape index (κ3) is 4.26. The lowest BCUT2D eigenvalue weighted by atomic mass is 10.1. The fourth-order valence-electron chi connectivity index (χ4n) is 2.37. The lowest BCUT2D eigenvalue weighted by Crippen LogP contribution is -2.45. The average molecular weight is 334 g/mol. The molecule has 6 heteroatoms. The van der Waals surface area contributed by atoms with Gasteiger partial charge in [0.2, 0.25) is 5.91 Å². The van der Waals surface area contributed by atoms with Gasteiger partial charge < -0.3 is 15.0 Å². The molecule has 1 aliphatic heterocycles. The minimum atomic E-state index is -0.410. The lowest BCUT2D eigenvalue weighted by molar-refractivity contribution is -0.132. The number of esters is 1. The Morgan fingerprint density at radius 1 is 1.52 bits per heavy atom. The van der Waals surface area contributed by atoms with Crippen molar-refractivity contribution in [3.8, 4) is 11.8 Å². The maximum absolute atomic E-state index is 12.2. The number of thiophene rings is 1. The molecule has 1 aliphatic rings. The van der Waals surface area contributed by atoms with Crippen molar-refractivity contribution in [2.45, 2.75) is 32.7 Å². The van der Waals surface area contributed by atoms with Crippen molar-refractivity contribution in [3.63, 3.8) is 0 Å². The van der Waals surface area contributed by atoms with Gasteiger partial charge in [-0.25, -0.2) is 4.79 Å². The van der Waals surface area contributed by atoms with Crippen LogP contribution in [0.5, 0.6) is 0 Å². The minimum Gasteiger partial charge on any atom is -0.465 e. The molecule has 124 valence electrons. The molecule has 0 bridgehead atoms. The Morgan fingerprint density at radius 3 is 2.91 bits per heavy atom. The van der Waals surface area contributed by atoms with E-state index in [9.17, 15) is 9.59 Å². The Morgan fingerprint density at radius 2 is 2.26 bits per heavy atom. The number of likely N-dealkylation sites (N-methyl/N-ethyl adjacent to an activating group) is 1. The van der Waals surface area contributed by atoms with Crippen LogP contribution in [0.2, 0.25) is 0 Å². The number of rotatable bonds is 3. The number of carbonyl (C=O) groups excluding carboxylic acids is 2. The van der Waals surface area contributed by atoms with Gasteiger partial charge in [0.1, 0.15) is 10.9 Å². The van der Waals surface area contributed by atoms with Gasteiger partial charge in [0.25, 0.3) is 0 Å². The minimum absolute atomic E-state index is 0.0491. The van der Waals surface area contributed by atoms with E-state index in [2.05, 4.69) is 17.2 Å². The van der Waals surface area contributed by atoms with Gasteiger partial charge in [0.05, 0.1) is 17.7 Å². The molecule has 1 amide bonds. The fraction of sp³-hybridized carbons (Fsp3) is 0.529. The quantitative estimate of drug-likeness (QED) is 0.682. The molecular formula is C17H22N2O3S. The zero-order valence-electron chi connectivity index (χ0n) is 13.9. The maximum Gasteiger partial charge on any atom is 0.350 e. The van der Waals surface area contributed by atoms with E-state index in [4.69, 9.17) is 4.74 Å². The van der Waals surface area contributed by atoms with Crippen LogP contribution in [-0.2, 0) is 9.53 Å². The first-order chi connectivity index (χ1) is 10.9. The highest BCUT2D eigenvalue weighted by atomic mass is 32.1. The number of hydrogen-bond acceptors (Lipinski definition) is 5. The van der Waals surface area contributed by atoms with Gasteiger partial charge >= 0.3 is 5.97 Å². The molecule has 1 aromatic rings.